The highest BCUT2D eigenvalue weighted by Crippen LogP contribution is 2.02. The number of carbonyl (C=O) groups is 2. The van der Waals surface area contributed by atoms with Crippen LogP contribution in [0.3, 0.4) is 0 Å². The molecule has 0 aromatic carbocycles. The smallest absolute Gasteiger partial charge is 0.331 e. The molecule has 0 aromatic heterocycles. The van der Waals surface area contributed by atoms with Crippen LogP contribution in [0.1, 0.15) is 13.8 Å². The van der Waals surface area contributed by atoms with Gasteiger partial charge >= 0.3 is 5.97 Å². The standard InChI is InChI=1S/C9H16N2O5S/c1-6(7(2)9(13)14)8(12)10-4-5-11-17(3,15)16/h11H,4-5H2,1-3H3,(H,10,12)(H,13,14). The summed E-state index contributed by atoms with van der Waals surface area (Å²) in [6, 6.07) is 0. The van der Waals surface area contributed by atoms with Gasteiger partial charge in [0, 0.05) is 24.2 Å². The van der Waals surface area contributed by atoms with E-state index in [1.807, 2.05) is 0 Å². The molecular weight excluding hydrogens is 248 g/mol. The molecule has 7 nitrogen and oxygen atoms in total. The van der Waals surface area contributed by atoms with Crippen molar-refractivity contribution in [2.75, 3.05) is 19.3 Å². The number of nitrogens with one attached hydrogen (secondary N) is 2. The van der Waals surface area contributed by atoms with Crippen molar-refractivity contribution in [1.29, 1.82) is 0 Å². The third-order valence-electron chi connectivity index (χ3n) is 2.00. The molecule has 0 heterocycles. The van der Waals surface area contributed by atoms with Crippen molar-refractivity contribution in [3.63, 3.8) is 0 Å². The van der Waals surface area contributed by atoms with E-state index in [0.29, 0.717) is 0 Å². The number of carboxylic acid groups (broad SMARTS) is 1. The lowest BCUT2D eigenvalue weighted by Crippen LogP contribution is -2.34. The van der Waals surface area contributed by atoms with E-state index in [1.165, 1.54) is 13.8 Å². The van der Waals surface area contributed by atoms with Gasteiger partial charge in [0.25, 0.3) is 0 Å². The van der Waals surface area contributed by atoms with Crippen molar-refractivity contribution in [3.05, 3.63) is 11.1 Å². The molecule has 0 radical (unpaired) electrons. The van der Waals surface area contributed by atoms with Gasteiger partial charge < -0.3 is 10.4 Å². The molecule has 0 saturated carbocycles. The van der Waals surface area contributed by atoms with E-state index in [9.17, 15) is 18.0 Å². The average molecular weight is 264 g/mol. The zero-order valence-electron chi connectivity index (χ0n) is 9.90. The molecule has 0 fully saturated rings. The van der Waals surface area contributed by atoms with Crippen molar-refractivity contribution in [2.24, 2.45) is 0 Å². The van der Waals surface area contributed by atoms with Gasteiger partial charge in [-0.15, -0.1) is 0 Å². The van der Waals surface area contributed by atoms with E-state index in [2.05, 4.69) is 10.0 Å². The predicted molar refractivity (Wildman–Crippen MR) is 61.9 cm³/mol. The maximum atomic E-state index is 11.4. The first-order chi connectivity index (χ1) is 7.65. The summed E-state index contributed by atoms with van der Waals surface area (Å²) >= 11 is 0. The Hall–Kier alpha value is -1.41. The second kappa shape index (κ2) is 6.36. The fraction of sp³-hybridized carbons (Fsp3) is 0.556. The normalized spacial score (nSPS) is 12.9. The van der Waals surface area contributed by atoms with Crippen molar-refractivity contribution in [2.45, 2.75) is 13.8 Å². The summed E-state index contributed by atoms with van der Waals surface area (Å²) in [5.74, 6) is -1.69. The highest BCUT2D eigenvalue weighted by molar-refractivity contribution is 7.88. The topological polar surface area (TPSA) is 113 Å². The number of amides is 1. The molecule has 0 atom stereocenters. The van der Waals surface area contributed by atoms with E-state index >= 15 is 0 Å². The molecule has 98 valence electrons. The van der Waals surface area contributed by atoms with Crippen molar-refractivity contribution >= 4 is 21.9 Å². The number of hydrogen-bond acceptors (Lipinski definition) is 4. The Morgan fingerprint density at radius 3 is 2.06 bits per heavy atom. The fourth-order valence-corrected chi connectivity index (χ4v) is 1.35. The van der Waals surface area contributed by atoms with Crippen LogP contribution in [0.5, 0.6) is 0 Å². The van der Waals surface area contributed by atoms with E-state index in [4.69, 9.17) is 5.11 Å². The first-order valence-electron chi connectivity index (χ1n) is 4.78. The molecule has 0 aliphatic heterocycles. The number of hydrogen-bond donors (Lipinski definition) is 3. The summed E-state index contributed by atoms with van der Waals surface area (Å²) < 4.78 is 23.6. The van der Waals surface area contributed by atoms with Crippen LogP contribution in [0.4, 0.5) is 0 Å². The minimum atomic E-state index is -3.28. The summed E-state index contributed by atoms with van der Waals surface area (Å²) in [6.45, 7) is 2.87. The summed E-state index contributed by atoms with van der Waals surface area (Å²) in [5, 5.41) is 11.1. The lowest BCUT2D eigenvalue weighted by Gasteiger charge is -2.07. The van der Waals surface area contributed by atoms with Crippen LogP contribution in [0.15, 0.2) is 11.1 Å². The maximum Gasteiger partial charge on any atom is 0.331 e. The van der Waals surface area contributed by atoms with Gasteiger partial charge in [-0.25, -0.2) is 17.9 Å². The lowest BCUT2D eigenvalue weighted by atomic mass is 10.1. The minimum Gasteiger partial charge on any atom is -0.478 e. The Labute approximate surface area is 99.9 Å². The van der Waals surface area contributed by atoms with Crippen LogP contribution in [0.2, 0.25) is 0 Å². The third-order valence-corrected chi connectivity index (χ3v) is 2.73. The molecule has 8 heteroatoms. The van der Waals surface area contributed by atoms with Gasteiger partial charge in [-0.1, -0.05) is 0 Å². The number of carboxylic acids is 1. The van der Waals surface area contributed by atoms with Gasteiger partial charge in [-0.3, -0.25) is 4.79 Å². The molecule has 0 saturated heterocycles. The molecule has 0 bridgehead atoms. The molecule has 0 aliphatic carbocycles. The zero-order chi connectivity index (χ0) is 13.6. The van der Waals surface area contributed by atoms with Crippen molar-refractivity contribution in [3.8, 4) is 0 Å². The predicted octanol–water partition coefficient (Wildman–Crippen LogP) is -0.927. The fourth-order valence-electron chi connectivity index (χ4n) is 0.876. The van der Waals surface area contributed by atoms with Crippen LogP contribution >= 0.6 is 0 Å². The summed E-state index contributed by atoms with van der Waals surface area (Å²) in [6.07, 6.45) is 1.01. The Bertz CT molecular complexity index is 438. The number of aliphatic carboxylic acids is 1. The van der Waals surface area contributed by atoms with E-state index in [-0.39, 0.29) is 24.2 Å². The number of carbonyl (C=O) groups excluding carboxylic acids is 1. The number of rotatable bonds is 6. The first kappa shape index (κ1) is 15.6. The van der Waals surface area contributed by atoms with Gasteiger partial charge in [0.2, 0.25) is 15.9 Å². The van der Waals surface area contributed by atoms with Gasteiger partial charge in [-0.05, 0) is 13.8 Å². The van der Waals surface area contributed by atoms with Gasteiger partial charge in [0.1, 0.15) is 0 Å². The van der Waals surface area contributed by atoms with E-state index < -0.39 is 21.9 Å². The second-order valence-electron chi connectivity index (χ2n) is 3.48. The Morgan fingerprint density at radius 2 is 1.65 bits per heavy atom. The molecule has 0 unspecified atom stereocenters. The largest absolute Gasteiger partial charge is 0.478 e. The quantitative estimate of drug-likeness (QED) is 0.424. The van der Waals surface area contributed by atoms with Crippen LogP contribution < -0.4 is 10.0 Å². The Balaban J connectivity index is 4.21. The third kappa shape index (κ3) is 6.69. The highest BCUT2D eigenvalue weighted by atomic mass is 32.2. The van der Waals surface area contributed by atoms with Crippen molar-refractivity contribution < 1.29 is 23.1 Å². The van der Waals surface area contributed by atoms with Gasteiger partial charge in [-0.2, -0.15) is 0 Å². The zero-order valence-corrected chi connectivity index (χ0v) is 10.7. The SMILES string of the molecule is CC(C(=O)O)=C(C)C(=O)NCCNS(C)(=O)=O. The molecule has 0 spiro atoms. The van der Waals surface area contributed by atoms with Crippen LogP contribution in [0.25, 0.3) is 0 Å². The van der Waals surface area contributed by atoms with Crippen LogP contribution in [0, 0.1) is 0 Å². The molecule has 0 rings (SSSR count). The summed E-state index contributed by atoms with van der Waals surface area (Å²) in [4.78, 5) is 22.0. The number of sulfonamides is 1. The van der Waals surface area contributed by atoms with Crippen molar-refractivity contribution in [1.82, 2.24) is 10.0 Å². The van der Waals surface area contributed by atoms with E-state index in [0.717, 1.165) is 6.26 Å². The average Bonchev–Trinajstić information content (AvgIpc) is 2.20. The maximum absolute atomic E-state index is 11.4. The van der Waals surface area contributed by atoms with Gasteiger partial charge in [0.15, 0.2) is 0 Å². The summed E-state index contributed by atoms with van der Waals surface area (Å²) in [5.41, 5.74) is 0.0513. The lowest BCUT2D eigenvalue weighted by molar-refractivity contribution is -0.133. The Morgan fingerprint density at radius 1 is 1.12 bits per heavy atom. The van der Waals surface area contributed by atoms with E-state index in [1.54, 1.807) is 0 Å². The van der Waals surface area contributed by atoms with Crippen LogP contribution in [-0.2, 0) is 19.6 Å². The molecule has 1 amide bonds. The minimum absolute atomic E-state index is 0.0430. The second-order valence-corrected chi connectivity index (χ2v) is 5.31. The summed E-state index contributed by atoms with van der Waals surface area (Å²) in [7, 11) is -3.28. The van der Waals surface area contributed by atoms with Crippen LogP contribution in [-0.4, -0.2) is 44.7 Å². The Kier molecular flexibility index (Phi) is 5.83. The first-order valence-corrected chi connectivity index (χ1v) is 6.68. The molecule has 17 heavy (non-hydrogen) atoms. The highest BCUT2D eigenvalue weighted by Gasteiger charge is 2.11. The molecule has 3 N–H and O–H groups in total. The monoisotopic (exact) mass is 264 g/mol. The molecular formula is C9H16N2O5S. The molecule has 0 aliphatic rings. The molecule has 0 aromatic rings. The van der Waals surface area contributed by atoms with Gasteiger partial charge in [0.05, 0.1) is 6.26 Å².